The Hall–Kier alpha value is -2.40. The van der Waals surface area contributed by atoms with Gasteiger partial charge in [-0.1, -0.05) is 48.5 Å². The van der Waals surface area contributed by atoms with Crippen molar-refractivity contribution in [2.45, 2.75) is 24.3 Å². The van der Waals surface area contributed by atoms with E-state index in [-0.39, 0.29) is 0 Å². The minimum atomic E-state index is 0.380. The molecule has 2 N–H and O–H groups in total. The van der Waals surface area contributed by atoms with Crippen molar-refractivity contribution in [3.05, 3.63) is 84.7 Å². The van der Waals surface area contributed by atoms with Crippen LogP contribution in [-0.4, -0.2) is 24.1 Å². The standard InChI is InChI=1S/C24H25N3S/c1-18(27-28-23-10-9-22-17-26-14-12-21(22)15-23)16-25-13-11-20-7-4-6-19-5-2-3-8-24(19)20/h2-10,12,14-15,17-18,25,27H,11,13,16H2,1H3/t18-/m1/s1. The average Bonchev–Trinajstić information content (AvgIpc) is 2.75. The summed E-state index contributed by atoms with van der Waals surface area (Å²) < 4.78 is 3.53. The third kappa shape index (κ3) is 4.71. The molecule has 1 aromatic heterocycles. The van der Waals surface area contributed by atoms with Gasteiger partial charge in [-0.15, -0.1) is 0 Å². The second-order valence-electron chi connectivity index (χ2n) is 7.10. The molecule has 0 saturated carbocycles. The van der Waals surface area contributed by atoms with Crippen molar-refractivity contribution in [3.8, 4) is 0 Å². The molecule has 0 amide bonds. The Morgan fingerprint density at radius 3 is 2.79 bits per heavy atom. The van der Waals surface area contributed by atoms with Crippen LogP contribution in [0.1, 0.15) is 12.5 Å². The minimum Gasteiger partial charge on any atom is -0.315 e. The van der Waals surface area contributed by atoms with Crippen molar-refractivity contribution in [1.82, 2.24) is 15.0 Å². The molecule has 3 aromatic carbocycles. The first-order valence-corrected chi connectivity index (χ1v) is 10.5. The molecule has 0 aliphatic rings. The van der Waals surface area contributed by atoms with Crippen molar-refractivity contribution in [1.29, 1.82) is 0 Å². The van der Waals surface area contributed by atoms with E-state index in [0.717, 1.165) is 19.5 Å². The van der Waals surface area contributed by atoms with Crippen LogP contribution in [0.2, 0.25) is 0 Å². The van der Waals surface area contributed by atoms with Crippen LogP contribution in [0.15, 0.2) is 84.0 Å². The summed E-state index contributed by atoms with van der Waals surface area (Å²) in [5, 5.41) is 8.66. The number of benzene rings is 3. The predicted molar refractivity (Wildman–Crippen MR) is 121 cm³/mol. The molecule has 0 spiro atoms. The Morgan fingerprint density at radius 1 is 0.929 bits per heavy atom. The fourth-order valence-corrected chi connectivity index (χ4v) is 4.13. The van der Waals surface area contributed by atoms with Gasteiger partial charge in [-0.05, 0) is 71.8 Å². The van der Waals surface area contributed by atoms with E-state index in [1.807, 2.05) is 12.4 Å². The first kappa shape index (κ1) is 18.9. The van der Waals surface area contributed by atoms with Crippen molar-refractivity contribution < 1.29 is 0 Å². The molecule has 3 nitrogen and oxygen atoms in total. The highest BCUT2D eigenvalue weighted by atomic mass is 32.2. The summed E-state index contributed by atoms with van der Waals surface area (Å²) in [7, 11) is 0. The van der Waals surface area contributed by atoms with E-state index < -0.39 is 0 Å². The van der Waals surface area contributed by atoms with E-state index in [1.165, 1.54) is 32.0 Å². The summed E-state index contributed by atoms with van der Waals surface area (Å²) >= 11 is 1.69. The highest BCUT2D eigenvalue weighted by Gasteiger charge is 2.04. The molecule has 4 heteroatoms. The van der Waals surface area contributed by atoms with Gasteiger partial charge in [-0.25, -0.2) is 0 Å². The number of nitrogens with one attached hydrogen (secondary N) is 2. The Bertz CT molecular complexity index is 1060. The van der Waals surface area contributed by atoms with E-state index in [2.05, 4.69) is 88.7 Å². The lowest BCUT2D eigenvalue weighted by Gasteiger charge is -2.14. The Kier molecular flexibility index (Phi) is 6.22. The molecule has 4 rings (SSSR count). The Balaban J connectivity index is 1.23. The molecule has 142 valence electrons. The zero-order valence-corrected chi connectivity index (χ0v) is 16.9. The molecule has 0 fully saturated rings. The number of pyridine rings is 1. The quantitative estimate of drug-likeness (QED) is 0.322. The van der Waals surface area contributed by atoms with Crippen LogP contribution in [0.25, 0.3) is 21.5 Å². The van der Waals surface area contributed by atoms with Gasteiger partial charge < -0.3 is 5.32 Å². The van der Waals surface area contributed by atoms with E-state index in [0.29, 0.717) is 6.04 Å². The Morgan fingerprint density at radius 2 is 1.82 bits per heavy atom. The molecular formula is C24H25N3S. The van der Waals surface area contributed by atoms with E-state index in [1.54, 1.807) is 11.9 Å². The number of rotatable bonds is 8. The van der Waals surface area contributed by atoms with Crippen LogP contribution in [0.5, 0.6) is 0 Å². The maximum absolute atomic E-state index is 4.17. The van der Waals surface area contributed by atoms with Crippen LogP contribution in [0, 0.1) is 0 Å². The number of fused-ring (bicyclic) bond motifs is 2. The van der Waals surface area contributed by atoms with Crippen molar-refractivity contribution in [2.24, 2.45) is 0 Å². The largest absolute Gasteiger partial charge is 0.315 e. The monoisotopic (exact) mass is 387 g/mol. The van der Waals surface area contributed by atoms with Crippen molar-refractivity contribution in [3.63, 3.8) is 0 Å². The summed E-state index contributed by atoms with van der Waals surface area (Å²) in [5.41, 5.74) is 1.41. The fraction of sp³-hybridized carbons (Fsp3) is 0.208. The van der Waals surface area contributed by atoms with Gasteiger partial charge in [0.25, 0.3) is 0 Å². The zero-order chi connectivity index (χ0) is 19.2. The molecule has 1 heterocycles. The number of aromatic nitrogens is 1. The van der Waals surface area contributed by atoms with Crippen LogP contribution in [0.4, 0.5) is 0 Å². The van der Waals surface area contributed by atoms with E-state index in [4.69, 9.17) is 0 Å². The van der Waals surface area contributed by atoms with Gasteiger partial charge in [0.2, 0.25) is 0 Å². The molecular weight excluding hydrogens is 362 g/mol. The van der Waals surface area contributed by atoms with Gasteiger partial charge in [0.05, 0.1) is 0 Å². The highest BCUT2D eigenvalue weighted by molar-refractivity contribution is 7.97. The SMILES string of the molecule is C[C@H](CNCCc1cccc2ccccc12)NSc1ccc2cnccc2c1. The fourth-order valence-electron chi connectivity index (χ4n) is 3.39. The van der Waals surface area contributed by atoms with Crippen LogP contribution < -0.4 is 10.0 Å². The molecule has 0 bridgehead atoms. The van der Waals surface area contributed by atoms with Gasteiger partial charge in [0, 0.05) is 35.3 Å². The first-order chi connectivity index (χ1) is 13.8. The average molecular weight is 388 g/mol. The highest BCUT2D eigenvalue weighted by Crippen LogP contribution is 2.21. The number of nitrogens with zero attached hydrogens (tertiary/aromatic N) is 1. The van der Waals surface area contributed by atoms with Gasteiger partial charge in [0.1, 0.15) is 0 Å². The lowest BCUT2D eigenvalue weighted by atomic mass is 10.0. The van der Waals surface area contributed by atoms with E-state index >= 15 is 0 Å². The normalized spacial score (nSPS) is 12.5. The molecule has 4 aromatic rings. The van der Waals surface area contributed by atoms with Crippen LogP contribution >= 0.6 is 11.9 Å². The van der Waals surface area contributed by atoms with E-state index in [9.17, 15) is 0 Å². The van der Waals surface area contributed by atoms with Gasteiger partial charge >= 0.3 is 0 Å². The Labute approximate surface area is 170 Å². The van der Waals surface area contributed by atoms with Crippen LogP contribution in [0.3, 0.4) is 0 Å². The summed E-state index contributed by atoms with van der Waals surface area (Å²) in [6.07, 6.45) is 4.78. The lowest BCUT2D eigenvalue weighted by molar-refractivity contribution is 0.586. The number of hydrogen-bond donors (Lipinski definition) is 2. The molecule has 0 unspecified atom stereocenters. The lowest BCUT2D eigenvalue weighted by Crippen LogP contribution is -2.33. The molecule has 0 aliphatic heterocycles. The summed E-state index contributed by atoms with van der Waals surface area (Å²) in [5.74, 6) is 0. The molecule has 28 heavy (non-hydrogen) atoms. The number of hydrogen-bond acceptors (Lipinski definition) is 4. The van der Waals surface area contributed by atoms with Crippen molar-refractivity contribution in [2.75, 3.05) is 13.1 Å². The second kappa shape index (κ2) is 9.20. The topological polar surface area (TPSA) is 37.0 Å². The predicted octanol–water partition coefficient (Wildman–Crippen LogP) is 5.21. The molecule has 1 atom stereocenters. The van der Waals surface area contributed by atoms with Crippen LogP contribution in [-0.2, 0) is 6.42 Å². The molecule has 0 aliphatic carbocycles. The van der Waals surface area contributed by atoms with Gasteiger partial charge in [-0.3, -0.25) is 9.71 Å². The maximum Gasteiger partial charge on any atom is 0.0346 e. The molecule has 0 radical (unpaired) electrons. The van der Waals surface area contributed by atoms with Gasteiger partial charge in [-0.2, -0.15) is 0 Å². The first-order valence-electron chi connectivity index (χ1n) is 9.73. The summed E-state index contributed by atoms with van der Waals surface area (Å²) in [6.45, 7) is 4.13. The third-order valence-corrected chi connectivity index (χ3v) is 5.90. The summed E-state index contributed by atoms with van der Waals surface area (Å²) in [4.78, 5) is 5.39. The minimum absolute atomic E-state index is 0.380. The molecule has 0 saturated heterocycles. The second-order valence-corrected chi connectivity index (χ2v) is 8.01. The maximum atomic E-state index is 4.17. The third-order valence-electron chi connectivity index (χ3n) is 4.89. The van der Waals surface area contributed by atoms with Gasteiger partial charge in [0.15, 0.2) is 0 Å². The smallest absolute Gasteiger partial charge is 0.0346 e. The van der Waals surface area contributed by atoms with Crippen molar-refractivity contribution >= 4 is 33.5 Å². The zero-order valence-electron chi connectivity index (χ0n) is 16.1. The summed E-state index contributed by atoms with van der Waals surface area (Å²) in [6, 6.07) is 24.1.